The van der Waals surface area contributed by atoms with Crippen LogP contribution in [0.2, 0.25) is 0 Å². The van der Waals surface area contributed by atoms with Gasteiger partial charge in [-0.3, -0.25) is 0 Å². The predicted octanol–water partition coefficient (Wildman–Crippen LogP) is 1.01. The molecule has 0 unspecified atom stereocenters. The zero-order chi connectivity index (χ0) is 28.7. The van der Waals surface area contributed by atoms with Gasteiger partial charge in [0.1, 0.15) is 24.9 Å². The van der Waals surface area contributed by atoms with Gasteiger partial charge in [-0.05, 0) is 81.6 Å². The number of carbonyl (C=O) groups excluding carboxylic acids is 1. The molecule has 13 atom stereocenters. The van der Waals surface area contributed by atoms with Crippen LogP contribution < -0.4 is 0 Å². The second-order valence-corrected chi connectivity index (χ2v) is 13.5. The van der Waals surface area contributed by atoms with Crippen molar-refractivity contribution in [2.75, 3.05) is 6.61 Å². The average molecular weight is 566 g/mol. The fraction of sp³-hybridized carbons (Fsp3) is 0.862. The van der Waals surface area contributed by atoms with E-state index in [-0.39, 0.29) is 36.8 Å². The molecule has 4 saturated carbocycles. The highest BCUT2D eigenvalue weighted by atomic mass is 16.7. The van der Waals surface area contributed by atoms with Gasteiger partial charge in [0, 0.05) is 23.3 Å². The van der Waals surface area contributed by atoms with E-state index in [4.69, 9.17) is 14.2 Å². The molecule has 0 spiro atoms. The Balaban J connectivity index is 1.24. The third-order valence-corrected chi connectivity index (χ3v) is 12.0. The van der Waals surface area contributed by atoms with E-state index in [1.807, 2.05) is 0 Å². The first-order chi connectivity index (χ1) is 18.9. The van der Waals surface area contributed by atoms with Crippen LogP contribution in [0.15, 0.2) is 16.8 Å². The van der Waals surface area contributed by atoms with Gasteiger partial charge in [-0.25, -0.2) is 4.79 Å². The van der Waals surface area contributed by atoms with Crippen molar-refractivity contribution < 1.29 is 49.7 Å². The molecule has 11 heteroatoms. The Morgan fingerprint density at radius 2 is 1.75 bits per heavy atom. The first kappa shape index (κ1) is 28.5. The summed E-state index contributed by atoms with van der Waals surface area (Å²) < 4.78 is 16.9. The second kappa shape index (κ2) is 9.72. The molecule has 6 aliphatic rings. The zero-order valence-corrected chi connectivity index (χ0v) is 23.2. The summed E-state index contributed by atoms with van der Waals surface area (Å²) in [5.74, 6) is -0.514. The van der Waals surface area contributed by atoms with Crippen LogP contribution in [0.4, 0.5) is 0 Å². The van der Waals surface area contributed by atoms with Crippen molar-refractivity contribution in [3.05, 3.63) is 11.6 Å². The Labute approximate surface area is 233 Å². The van der Waals surface area contributed by atoms with Gasteiger partial charge in [0.2, 0.25) is 0 Å². The smallest absolute Gasteiger partial charge is 0.331 e. The number of carbonyl (C=O) groups is 1. The lowest BCUT2D eigenvalue weighted by atomic mass is 9.41. The van der Waals surface area contributed by atoms with E-state index in [9.17, 15) is 35.5 Å². The van der Waals surface area contributed by atoms with Crippen molar-refractivity contribution in [1.29, 1.82) is 0 Å². The molecule has 6 N–H and O–H groups in total. The van der Waals surface area contributed by atoms with Gasteiger partial charge in [-0.15, -0.1) is 5.16 Å². The molecule has 6 rings (SSSR count). The van der Waals surface area contributed by atoms with Crippen molar-refractivity contribution in [1.82, 2.24) is 0 Å². The van der Waals surface area contributed by atoms with Gasteiger partial charge in [0.05, 0.1) is 29.6 Å². The minimum absolute atomic E-state index is 0.0514. The van der Waals surface area contributed by atoms with E-state index >= 15 is 0 Å². The number of aliphatic hydroxyl groups is 5. The number of aliphatic hydroxyl groups excluding tert-OH is 3. The van der Waals surface area contributed by atoms with Crippen LogP contribution in [0.3, 0.4) is 0 Å². The Kier molecular flexibility index (Phi) is 6.93. The molecular formula is C29H43NO10. The Bertz CT molecular complexity index is 1080. The highest BCUT2D eigenvalue weighted by Crippen LogP contribution is 2.70. The molecule has 0 amide bonds. The Hall–Kier alpha value is -1.60. The molecule has 0 radical (unpaired) electrons. The highest BCUT2D eigenvalue weighted by Gasteiger charge is 2.71. The molecule has 224 valence electrons. The van der Waals surface area contributed by atoms with Crippen LogP contribution in [0.5, 0.6) is 0 Å². The normalized spacial score (nSPS) is 54.4. The lowest BCUT2D eigenvalue weighted by Gasteiger charge is -2.65. The molecule has 1 saturated heterocycles. The van der Waals surface area contributed by atoms with E-state index in [1.54, 1.807) is 13.0 Å². The summed E-state index contributed by atoms with van der Waals surface area (Å²) in [6, 6.07) is 0. The molecule has 5 fully saturated rings. The summed E-state index contributed by atoms with van der Waals surface area (Å²) in [6.07, 6.45) is 1.55. The van der Waals surface area contributed by atoms with Crippen LogP contribution in [0.25, 0.3) is 0 Å². The molecule has 2 aliphatic heterocycles. The van der Waals surface area contributed by atoms with Gasteiger partial charge in [0.25, 0.3) is 0 Å². The lowest BCUT2D eigenvalue weighted by molar-refractivity contribution is -0.316. The summed E-state index contributed by atoms with van der Waals surface area (Å²) in [6.45, 7) is 4.00. The summed E-state index contributed by atoms with van der Waals surface area (Å²) in [7, 11) is 0. The minimum Gasteiger partial charge on any atom is -0.458 e. The standard InChI is InChI=1S/C29H43NO10/c1-15-22(32)23(33)24(34)25(39-15)40-17-3-8-27(14-30-37)19-4-7-26(2)18(16-11-21(31)38-13-16)6-10-29(26,36)20(19)5-9-28(27,35)12-17/h11,14-15,17-20,22-25,32-37H,3-10,12-13H2,1-2H3/b30-14-/t15-,17-,18+,19+,20+,22+,23-,24-,25+,26-,27+,28+,29+/m1/s1. The molecule has 0 aromatic rings. The number of hydrogen-bond acceptors (Lipinski definition) is 11. The fourth-order valence-corrected chi connectivity index (χ4v) is 9.88. The van der Waals surface area contributed by atoms with E-state index in [2.05, 4.69) is 12.1 Å². The first-order valence-corrected chi connectivity index (χ1v) is 14.7. The largest absolute Gasteiger partial charge is 0.458 e. The van der Waals surface area contributed by atoms with Crippen molar-refractivity contribution in [2.24, 2.45) is 33.7 Å². The molecule has 40 heavy (non-hydrogen) atoms. The molecule has 4 aliphatic carbocycles. The summed E-state index contributed by atoms with van der Waals surface area (Å²) in [5, 5.41) is 68.7. The summed E-state index contributed by atoms with van der Waals surface area (Å²) >= 11 is 0. The number of rotatable bonds is 4. The van der Waals surface area contributed by atoms with Crippen LogP contribution in [-0.4, -0.2) is 97.5 Å². The van der Waals surface area contributed by atoms with Gasteiger partial charge in [0.15, 0.2) is 6.29 Å². The van der Waals surface area contributed by atoms with E-state index in [1.165, 1.54) is 6.21 Å². The van der Waals surface area contributed by atoms with E-state index in [0.29, 0.717) is 38.5 Å². The highest BCUT2D eigenvalue weighted by molar-refractivity contribution is 5.85. The van der Waals surface area contributed by atoms with Crippen molar-refractivity contribution in [3.8, 4) is 0 Å². The molecule has 0 aromatic carbocycles. The van der Waals surface area contributed by atoms with Gasteiger partial charge < -0.3 is 45.0 Å². The number of fused-ring (bicyclic) bond motifs is 5. The van der Waals surface area contributed by atoms with Crippen molar-refractivity contribution in [2.45, 2.75) is 120 Å². The van der Waals surface area contributed by atoms with Crippen LogP contribution in [0.1, 0.15) is 71.6 Å². The number of nitrogens with zero attached hydrogens (tertiary/aromatic N) is 1. The number of hydrogen-bond donors (Lipinski definition) is 6. The topological polar surface area (TPSA) is 178 Å². The SMILES string of the molecule is C[C@H]1O[C@@H](O[C@@H]2CC[C@]3(/C=N\O)[C@H]4CC[C@]5(C)[C@H](C6=CC(=O)OC6)CC[C@]5(O)[C@H]4CC[C@]3(O)C2)[C@H](O)[C@H](O)[C@H]1O. The maximum absolute atomic E-state index is 12.4. The Morgan fingerprint density at radius 3 is 2.45 bits per heavy atom. The Morgan fingerprint density at radius 1 is 1.00 bits per heavy atom. The zero-order valence-electron chi connectivity index (χ0n) is 23.2. The fourth-order valence-electron chi connectivity index (χ4n) is 9.88. The molecular weight excluding hydrogens is 522 g/mol. The quantitative estimate of drug-likeness (QED) is 0.0947. The first-order valence-electron chi connectivity index (χ1n) is 14.7. The van der Waals surface area contributed by atoms with Gasteiger partial charge in [-0.2, -0.15) is 0 Å². The van der Waals surface area contributed by atoms with Crippen molar-refractivity contribution >= 4 is 12.2 Å². The van der Waals surface area contributed by atoms with E-state index < -0.39 is 58.8 Å². The maximum atomic E-state index is 12.4. The summed E-state index contributed by atoms with van der Waals surface area (Å²) in [4.78, 5) is 11.8. The number of cyclic esters (lactones) is 1. The maximum Gasteiger partial charge on any atom is 0.331 e. The molecule has 2 heterocycles. The van der Waals surface area contributed by atoms with Crippen LogP contribution in [0, 0.1) is 28.6 Å². The third-order valence-electron chi connectivity index (χ3n) is 12.0. The van der Waals surface area contributed by atoms with E-state index in [0.717, 1.165) is 18.4 Å². The molecule has 0 bridgehead atoms. The summed E-state index contributed by atoms with van der Waals surface area (Å²) in [5.41, 5.74) is -2.62. The lowest BCUT2D eigenvalue weighted by Crippen LogP contribution is -2.69. The minimum atomic E-state index is -1.43. The number of oxime groups is 1. The van der Waals surface area contributed by atoms with Gasteiger partial charge in [-0.1, -0.05) is 6.92 Å². The number of esters is 1. The number of ether oxygens (including phenoxy) is 3. The molecule has 11 nitrogen and oxygen atoms in total. The predicted molar refractivity (Wildman–Crippen MR) is 139 cm³/mol. The van der Waals surface area contributed by atoms with Crippen molar-refractivity contribution in [3.63, 3.8) is 0 Å². The monoisotopic (exact) mass is 565 g/mol. The average Bonchev–Trinajstić information content (AvgIpc) is 3.46. The third kappa shape index (κ3) is 3.88. The van der Waals surface area contributed by atoms with Gasteiger partial charge >= 0.3 is 5.97 Å². The second-order valence-electron chi connectivity index (χ2n) is 13.5. The van der Waals surface area contributed by atoms with Crippen LogP contribution >= 0.6 is 0 Å². The van der Waals surface area contributed by atoms with Crippen LogP contribution in [-0.2, 0) is 19.0 Å². The molecule has 0 aromatic heterocycles.